The van der Waals surface area contributed by atoms with Gasteiger partial charge >= 0.3 is 29.6 Å². The van der Waals surface area contributed by atoms with Gasteiger partial charge in [-0.25, -0.2) is 30.6 Å². The molecule has 5 aromatic carbocycles. The zero-order valence-corrected chi connectivity index (χ0v) is 58.9. The number of ether oxygens (including phenoxy) is 5. The Labute approximate surface area is 559 Å². The topological polar surface area (TPSA) is 242 Å². The van der Waals surface area contributed by atoms with Gasteiger partial charge in [0.1, 0.15) is 61.0 Å². The molecule has 8 rings (SSSR count). The maximum atomic E-state index is 13.4. The van der Waals surface area contributed by atoms with Crippen molar-refractivity contribution >= 4 is 38.9 Å². The van der Waals surface area contributed by atoms with Gasteiger partial charge in [-0.05, 0) is 208 Å². The molecule has 0 bridgehead atoms. The number of nitriles is 1. The van der Waals surface area contributed by atoms with Gasteiger partial charge in [0.25, 0.3) is 17.7 Å². The number of fused-ring (bicyclic) bond motifs is 1. The average molecular weight is 1320 g/mol. The number of hydrogen-bond donors (Lipinski definition) is 0. The molecule has 2 fully saturated rings. The molecular formula is C66H85F5N5NaO14S. The number of imide groups is 1. The Morgan fingerprint density at radius 1 is 0.609 bits per heavy atom. The molecule has 1 atom stereocenters. The van der Waals surface area contributed by atoms with E-state index in [9.17, 15) is 49.3 Å². The Balaban J connectivity index is 0.000000538. The van der Waals surface area contributed by atoms with Crippen molar-refractivity contribution in [2.24, 2.45) is 0 Å². The summed E-state index contributed by atoms with van der Waals surface area (Å²) in [5.41, 5.74) is 4.17. The molecule has 92 heavy (non-hydrogen) atoms. The monoisotopic (exact) mass is 1320 g/mol. The SMILES string of the molecule is C=C1CCC(=O)N1OC(C)C.CC(C)ON1C(=O)CC(S(=O)(=O)[O-])C1=O.CC(C)Oc1cc(F)cc(F)c1.CC(C)Oc1ccc(C#N)cc1.Cc1cc(F)c(F)c(OC(C)(C)C)c1F.Cc1ccc(OC(C)(C)C)c2nonc12.Cc1ccc(OC(C)C)cc1.[Na+]. The predicted molar refractivity (Wildman–Crippen MR) is 332 cm³/mol. The van der Waals surface area contributed by atoms with Crippen molar-refractivity contribution < 1.29 is 117 Å². The molecule has 0 N–H and O–H groups in total. The van der Waals surface area contributed by atoms with Crippen molar-refractivity contribution in [1.82, 2.24) is 20.4 Å². The average Bonchev–Trinajstić information content (AvgIpc) is 1.53. The van der Waals surface area contributed by atoms with Crippen LogP contribution < -0.4 is 53.2 Å². The normalized spacial score (nSPS) is 13.6. The van der Waals surface area contributed by atoms with Crippen molar-refractivity contribution in [3.63, 3.8) is 0 Å². The summed E-state index contributed by atoms with van der Waals surface area (Å²) in [5.74, 6) is -4.34. The van der Waals surface area contributed by atoms with E-state index >= 15 is 0 Å². The molecule has 0 aliphatic carbocycles. The van der Waals surface area contributed by atoms with Crippen LogP contribution in [0.3, 0.4) is 0 Å². The third kappa shape index (κ3) is 30.5. The number of allylic oxidation sites excluding steroid dienone is 1. The molecular weight excluding hydrogens is 1240 g/mol. The fourth-order valence-electron chi connectivity index (χ4n) is 7.22. The molecule has 1 aromatic heterocycles. The molecule has 19 nitrogen and oxygen atoms in total. The zero-order chi connectivity index (χ0) is 69.5. The first kappa shape index (κ1) is 82.8. The number of amides is 3. The Hall–Kier alpha value is -7.18. The maximum absolute atomic E-state index is 13.4. The quantitative estimate of drug-likeness (QED) is 0.0343. The van der Waals surface area contributed by atoms with Gasteiger partial charge in [-0.1, -0.05) is 30.3 Å². The summed E-state index contributed by atoms with van der Waals surface area (Å²) in [7, 11) is -4.80. The van der Waals surface area contributed by atoms with Gasteiger partial charge in [0.2, 0.25) is 5.82 Å². The second kappa shape index (κ2) is 38.1. The summed E-state index contributed by atoms with van der Waals surface area (Å²) in [6, 6.07) is 25.0. The third-order valence-corrected chi connectivity index (χ3v) is 11.9. The van der Waals surface area contributed by atoms with Gasteiger partial charge in [0.05, 0.1) is 48.6 Å². The van der Waals surface area contributed by atoms with Crippen LogP contribution in [0.25, 0.3) is 11.0 Å². The van der Waals surface area contributed by atoms with Gasteiger partial charge in [-0.3, -0.25) is 24.1 Å². The number of nitrogens with zero attached hydrogens (tertiary/aromatic N) is 5. The number of aromatic nitrogens is 2. The summed E-state index contributed by atoms with van der Waals surface area (Å²) in [6.07, 6.45) is 0.566. The van der Waals surface area contributed by atoms with Crippen molar-refractivity contribution in [2.45, 2.75) is 198 Å². The van der Waals surface area contributed by atoms with Gasteiger partial charge in [0, 0.05) is 30.3 Å². The van der Waals surface area contributed by atoms with Gasteiger partial charge in [-0.15, -0.1) is 0 Å². The largest absolute Gasteiger partial charge is 1.00 e. The van der Waals surface area contributed by atoms with Crippen LogP contribution in [0.2, 0.25) is 0 Å². The zero-order valence-electron chi connectivity index (χ0n) is 56.1. The Bertz CT molecular complexity index is 3430. The number of hydrogen-bond acceptors (Lipinski definition) is 17. The molecule has 2 aliphatic heterocycles. The summed E-state index contributed by atoms with van der Waals surface area (Å²) in [6.45, 7) is 38.5. The fraction of sp³-hybridized carbons (Fsp3) is 0.455. The number of halogens is 5. The molecule has 500 valence electrons. The smallest absolute Gasteiger partial charge is 0.747 e. The molecule has 3 amide bonds. The van der Waals surface area contributed by atoms with Crippen LogP contribution >= 0.6 is 0 Å². The minimum absolute atomic E-state index is 0. The van der Waals surface area contributed by atoms with Crippen LogP contribution in [-0.4, -0.2) is 98.1 Å². The molecule has 0 saturated carbocycles. The number of carbonyl (C=O) groups is 3. The van der Waals surface area contributed by atoms with E-state index in [0.29, 0.717) is 28.3 Å². The van der Waals surface area contributed by atoms with Crippen LogP contribution in [0.15, 0.2) is 102 Å². The molecule has 2 saturated heterocycles. The summed E-state index contributed by atoms with van der Waals surface area (Å²) in [4.78, 5) is 43.5. The number of rotatable bonds is 13. The van der Waals surface area contributed by atoms with Gasteiger partial charge in [0.15, 0.2) is 28.7 Å². The van der Waals surface area contributed by atoms with Crippen LogP contribution in [0.4, 0.5) is 22.0 Å². The first-order valence-corrected chi connectivity index (χ1v) is 30.4. The Morgan fingerprint density at radius 3 is 1.50 bits per heavy atom. The second-order valence-corrected chi connectivity index (χ2v) is 25.3. The van der Waals surface area contributed by atoms with Crippen molar-refractivity contribution in [3.05, 3.63) is 149 Å². The van der Waals surface area contributed by atoms with Crippen molar-refractivity contribution in [3.8, 4) is 34.8 Å². The summed E-state index contributed by atoms with van der Waals surface area (Å²) < 4.78 is 128. The molecule has 0 spiro atoms. The molecule has 2 aliphatic rings. The van der Waals surface area contributed by atoms with Crippen molar-refractivity contribution in [2.75, 3.05) is 0 Å². The predicted octanol–water partition coefficient (Wildman–Crippen LogP) is 11.6. The van der Waals surface area contributed by atoms with E-state index in [2.05, 4.69) is 42.0 Å². The first-order chi connectivity index (χ1) is 42.0. The van der Waals surface area contributed by atoms with Crippen LogP contribution in [0.1, 0.15) is 152 Å². The van der Waals surface area contributed by atoms with Crippen LogP contribution in [0.5, 0.6) is 28.7 Å². The van der Waals surface area contributed by atoms with Crippen LogP contribution in [0, 0.1) is 61.2 Å². The second-order valence-electron chi connectivity index (χ2n) is 23.7. The van der Waals surface area contributed by atoms with Crippen molar-refractivity contribution in [1.29, 1.82) is 5.26 Å². The Kier molecular flexibility index (Phi) is 34.3. The first-order valence-electron chi connectivity index (χ1n) is 28.9. The maximum Gasteiger partial charge on any atom is 1.00 e. The summed E-state index contributed by atoms with van der Waals surface area (Å²) >= 11 is 0. The number of hydroxylamine groups is 4. The fourth-order valence-corrected chi connectivity index (χ4v) is 7.91. The van der Waals surface area contributed by atoms with E-state index in [-0.39, 0.29) is 76.8 Å². The molecule has 0 radical (unpaired) electrons. The Morgan fingerprint density at radius 2 is 1.08 bits per heavy atom. The molecule has 26 heteroatoms. The van der Waals surface area contributed by atoms with E-state index in [1.54, 1.807) is 72.7 Å². The third-order valence-electron chi connectivity index (χ3n) is 10.8. The minimum atomic E-state index is -4.80. The van der Waals surface area contributed by atoms with E-state index in [1.807, 2.05) is 93.5 Å². The molecule has 3 heterocycles. The van der Waals surface area contributed by atoms with Gasteiger partial charge < -0.3 is 28.2 Å². The van der Waals surface area contributed by atoms with Gasteiger partial charge in [-0.2, -0.15) is 19.8 Å². The number of aryl methyl sites for hydroxylation is 3. The van der Waals surface area contributed by atoms with E-state index in [1.165, 1.54) is 17.6 Å². The molecule has 1 unspecified atom stereocenters. The minimum Gasteiger partial charge on any atom is -0.747 e. The summed E-state index contributed by atoms with van der Waals surface area (Å²) in [5, 5.41) is 16.0. The standard InChI is InChI=1S/C11H13F3O.C11H14N2O2.C10H11NO.C10H14O.C9H10F2O.C8H13NO2.C7H11NO6S.Na/c1-6-5-7(12)9(14)10(8(6)13)15-11(2,3)4;1-7-5-6-8(14-11(2,3)4)10-9(7)12-15-13-10;1-8(2)12-10-5-3-9(7-11)4-6-10;1-8(2)11-10-6-4-9(3)5-7-10;1-6(2)12-9-4-7(10)3-8(11)5-9;1-6(2)11-9-7(3)4-5-8(9)10;1-4(2)14-8-6(9)3-5(7(8)10)15(11,12)13;/h5H,1-4H3;5-6H,1-4H3;3-6,8H,1-2H3;4-8H,1-3H3;3-6H,1-2H3;6H,3-5H2,1-2H3;4-5H,3H2,1-2H3,(H,11,12,13);/q;;;;;;;+1/p-1. The molecule has 6 aromatic rings. The van der Waals surface area contributed by atoms with E-state index in [0.717, 1.165) is 59.0 Å². The van der Waals surface area contributed by atoms with Crippen LogP contribution in [-0.2, 0) is 34.2 Å². The number of carbonyl (C=O) groups excluding carboxylic acids is 3. The van der Waals surface area contributed by atoms with E-state index < -0.39 is 80.1 Å². The number of benzene rings is 5. The van der Waals surface area contributed by atoms with E-state index in [4.69, 9.17) is 43.3 Å².